The molecule has 0 saturated heterocycles. The molecule has 0 aliphatic heterocycles. The molecule has 32 heavy (non-hydrogen) atoms. The molecule has 4 rings (SSSR count). The molecule has 0 spiro atoms. The van der Waals surface area contributed by atoms with E-state index < -0.39 is 11.8 Å². The normalized spacial score (nSPS) is 11.0. The van der Waals surface area contributed by atoms with Crippen molar-refractivity contribution in [2.24, 2.45) is 7.05 Å². The highest BCUT2D eigenvalue weighted by Gasteiger charge is 2.20. The molecule has 0 aliphatic rings. The van der Waals surface area contributed by atoms with Gasteiger partial charge in [-0.05, 0) is 32.0 Å². The van der Waals surface area contributed by atoms with Crippen LogP contribution in [0.1, 0.15) is 38.1 Å². The molecule has 0 unspecified atom stereocenters. The number of anilines is 1. The summed E-state index contributed by atoms with van der Waals surface area (Å²) in [6, 6.07) is 5.06. The van der Waals surface area contributed by atoms with Crippen LogP contribution in [0.4, 0.5) is 5.69 Å². The van der Waals surface area contributed by atoms with Crippen molar-refractivity contribution >= 4 is 29.1 Å². The Balaban J connectivity index is 1.44. The lowest BCUT2D eigenvalue weighted by atomic mass is 10.3. The summed E-state index contributed by atoms with van der Waals surface area (Å²) < 4.78 is 9.93. The standard InChI is InChI=1S/C20H21ClN8O3/c1-12-17(21)13(2)29(24-12)11-28-7-6-15(25-28)19(30)23-16-10-27(3)26-18(16)20(31)22-9-14-5-4-8-32-14/h4-8,10H,9,11H2,1-3H3,(H,22,31)(H,23,30). The zero-order valence-corrected chi connectivity index (χ0v) is 18.4. The van der Waals surface area contributed by atoms with Crippen LogP contribution in [0.15, 0.2) is 41.3 Å². The Morgan fingerprint density at radius 1 is 1.16 bits per heavy atom. The molecule has 0 aromatic carbocycles. The van der Waals surface area contributed by atoms with E-state index in [4.69, 9.17) is 16.0 Å². The number of halogens is 1. The number of rotatable bonds is 7. The monoisotopic (exact) mass is 456 g/mol. The van der Waals surface area contributed by atoms with Crippen LogP contribution in [0.2, 0.25) is 5.02 Å². The van der Waals surface area contributed by atoms with Gasteiger partial charge in [0.15, 0.2) is 11.4 Å². The first-order valence-electron chi connectivity index (χ1n) is 9.70. The molecule has 0 aliphatic carbocycles. The lowest BCUT2D eigenvalue weighted by molar-refractivity contribution is 0.0943. The Morgan fingerprint density at radius 3 is 2.66 bits per heavy atom. The number of carbonyl (C=O) groups excluding carboxylic acids is 2. The van der Waals surface area contributed by atoms with E-state index in [2.05, 4.69) is 25.9 Å². The molecule has 12 heteroatoms. The van der Waals surface area contributed by atoms with Crippen molar-refractivity contribution in [3.05, 3.63) is 70.4 Å². The van der Waals surface area contributed by atoms with Gasteiger partial charge in [-0.1, -0.05) is 11.6 Å². The predicted molar refractivity (Wildman–Crippen MR) is 115 cm³/mol. The predicted octanol–water partition coefficient (Wildman–Crippen LogP) is 2.36. The SMILES string of the molecule is Cc1nn(Cn2ccc(C(=O)Nc3cn(C)nc3C(=O)NCc3ccco3)n2)c(C)c1Cl. The molecule has 0 bridgehead atoms. The van der Waals surface area contributed by atoms with Gasteiger partial charge in [0.1, 0.15) is 12.4 Å². The van der Waals surface area contributed by atoms with Gasteiger partial charge >= 0.3 is 0 Å². The van der Waals surface area contributed by atoms with Gasteiger partial charge in [-0.15, -0.1) is 0 Å². The summed E-state index contributed by atoms with van der Waals surface area (Å²) in [5.41, 5.74) is 2.08. The highest BCUT2D eigenvalue weighted by molar-refractivity contribution is 6.31. The molecule has 4 aromatic heterocycles. The number of aromatic nitrogens is 6. The minimum atomic E-state index is -0.469. The molecule has 11 nitrogen and oxygen atoms in total. The van der Waals surface area contributed by atoms with Crippen molar-refractivity contribution in [1.29, 1.82) is 0 Å². The number of hydrogen-bond donors (Lipinski definition) is 2. The first kappa shape index (κ1) is 21.4. The van der Waals surface area contributed by atoms with E-state index in [1.54, 1.807) is 47.0 Å². The molecule has 0 saturated carbocycles. The minimum Gasteiger partial charge on any atom is -0.467 e. The van der Waals surface area contributed by atoms with Crippen molar-refractivity contribution in [2.45, 2.75) is 27.1 Å². The zero-order chi connectivity index (χ0) is 22.8. The lowest BCUT2D eigenvalue weighted by Gasteiger charge is -2.05. The van der Waals surface area contributed by atoms with Gasteiger partial charge in [-0.2, -0.15) is 15.3 Å². The largest absolute Gasteiger partial charge is 0.467 e. The molecule has 166 valence electrons. The quantitative estimate of drug-likeness (QED) is 0.440. The number of nitrogens with zero attached hydrogens (tertiary/aromatic N) is 6. The Kier molecular flexibility index (Phi) is 5.82. The third kappa shape index (κ3) is 4.42. The van der Waals surface area contributed by atoms with Crippen molar-refractivity contribution in [1.82, 2.24) is 34.7 Å². The maximum Gasteiger partial charge on any atom is 0.276 e. The van der Waals surface area contributed by atoms with Crippen molar-refractivity contribution < 1.29 is 14.0 Å². The van der Waals surface area contributed by atoms with Gasteiger partial charge in [0, 0.05) is 19.4 Å². The molecule has 0 radical (unpaired) electrons. The second-order valence-electron chi connectivity index (χ2n) is 7.15. The Labute approximate surface area is 187 Å². The smallest absolute Gasteiger partial charge is 0.276 e. The number of hydrogen-bond acceptors (Lipinski definition) is 6. The van der Waals surface area contributed by atoms with Crippen LogP contribution in [-0.2, 0) is 20.3 Å². The number of amides is 2. The number of furan rings is 1. The third-order valence-electron chi connectivity index (χ3n) is 4.74. The van der Waals surface area contributed by atoms with Crippen LogP contribution >= 0.6 is 11.6 Å². The fraction of sp³-hybridized carbons (Fsp3) is 0.250. The van der Waals surface area contributed by atoms with Crippen LogP contribution < -0.4 is 10.6 Å². The van der Waals surface area contributed by atoms with Gasteiger partial charge in [0.25, 0.3) is 11.8 Å². The van der Waals surface area contributed by atoms with Crippen LogP contribution in [-0.4, -0.2) is 41.2 Å². The second-order valence-corrected chi connectivity index (χ2v) is 7.53. The van der Waals surface area contributed by atoms with E-state index in [0.29, 0.717) is 17.5 Å². The number of aryl methyl sites for hydroxylation is 2. The fourth-order valence-corrected chi connectivity index (χ4v) is 3.25. The molecule has 4 heterocycles. The van der Waals surface area contributed by atoms with E-state index in [9.17, 15) is 9.59 Å². The average Bonchev–Trinajstić information content (AvgIpc) is 3.54. The van der Waals surface area contributed by atoms with Crippen LogP contribution in [0.5, 0.6) is 0 Å². The van der Waals surface area contributed by atoms with E-state index in [1.807, 2.05) is 13.8 Å². The summed E-state index contributed by atoms with van der Waals surface area (Å²) in [6.45, 7) is 4.20. The van der Waals surface area contributed by atoms with Gasteiger partial charge in [0.05, 0.1) is 34.9 Å². The van der Waals surface area contributed by atoms with Gasteiger partial charge < -0.3 is 15.1 Å². The zero-order valence-electron chi connectivity index (χ0n) is 17.7. The Bertz CT molecular complexity index is 1270. The molecule has 2 N–H and O–H groups in total. The van der Waals surface area contributed by atoms with Crippen molar-refractivity contribution in [3.63, 3.8) is 0 Å². The van der Waals surface area contributed by atoms with E-state index in [-0.39, 0.29) is 23.6 Å². The highest BCUT2D eigenvalue weighted by atomic mass is 35.5. The maximum absolute atomic E-state index is 12.7. The van der Waals surface area contributed by atoms with Crippen molar-refractivity contribution in [2.75, 3.05) is 5.32 Å². The summed E-state index contributed by atoms with van der Waals surface area (Å²) in [7, 11) is 1.66. The van der Waals surface area contributed by atoms with Gasteiger partial charge in [0.2, 0.25) is 0 Å². The summed E-state index contributed by atoms with van der Waals surface area (Å²) in [4.78, 5) is 25.3. The molecule has 0 atom stereocenters. The van der Waals surface area contributed by atoms with Crippen LogP contribution in [0.3, 0.4) is 0 Å². The Hall–Kier alpha value is -3.86. The maximum atomic E-state index is 12.7. The minimum absolute atomic E-state index is 0.0871. The second kappa shape index (κ2) is 8.71. The summed E-state index contributed by atoms with van der Waals surface area (Å²) in [5, 5.41) is 18.8. The highest BCUT2D eigenvalue weighted by Crippen LogP contribution is 2.19. The first-order valence-corrected chi connectivity index (χ1v) is 10.1. The molecule has 2 amide bonds. The summed E-state index contributed by atoms with van der Waals surface area (Å²) in [6.07, 6.45) is 4.74. The van der Waals surface area contributed by atoms with E-state index in [1.165, 1.54) is 10.9 Å². The van der Waals surface area contributed by atoms with Crippen LogP contribution in [0.25, 0.3) is 0 Å². The summed E-state index contributed by atoms with van der Waals surface area (Å²) in [5.74, 6) is -0.304. The molecule has 4 aromatic rings. The molecular weight excluding hydrogens is 436 g/mol. The third-order valence-corrected chi connectivity index (χ3v) is 5.29. The van der Waals surface area contributed by atoms with E-state index >= 15 is 0 Å². The first-order chi connectivity index (χ1) is 15.3. The topological polar surface area (TPSA) is 125 Å². The average molecular weight is 457 g/mol. The number of carbonyl (C=O) groups is 2. The Morgan fingerprint density at radius 2 is 1.97 bits per heavy atom. The van der Waals surface area contributed by atoms with E-state index in [0.717, 1.165) is 11.4 Å². The van der Waals surface area contributed by atoms with Gasteiger partial charge in [-0.3, -0.25) is 19.0 Å². The fourth-order valence-electron chi connectivity index (χ4n) is 3.11. The van der Waals surface area contributed by atoms with Crippen LogP contribution in [0, 0.1) is 13.8 Å². The molecular formula is C20H21ClN8O3. The van der Waals surface area contributed by atoms with Gasteiger partial charge in [-0.25, -0.2) is 4.68 Å². The molecule has 0 fully saturated rings. The van der Waals surface area contributed by atoms with Crippen molar-refractivity contribution in [3.8, 4) is 0 Å². The summed E-state index contributed by atoms with van der Waals surface area (Å²) >= 11 is 6.18. The lowest BCUT2D eigenvalue weighted by Crippen LogP contribution is -2.25. The number of nitrogens with one attached hydrogen (secondary N) is 2.